The van der Waals surface area contributed by atoms with Gasteiger partial charge >= 0.3 is 0 Å². The number of piperidine rings is 3. The molecule has 4 atom stereocenters. The van der Waals surface area contributed by atoms with Crippen molar-refractivity contribution in [3.8, 4) is 0 Å². The molecule has 3 aliphatic heterocycles. The van der Waals surface area contributed by atoms with Gasteiger partial charge in [-0.1, -0.05) is 24.1 Å². The molecule has 1 aromatic carbocycles. The molecule has 3 saturated heterocycles. The lowest BCUT2D eigenvalue weighted by Gasteiger charge is -2.54. The molecule has 2 amide bonds. The monoisotopic (exact) mass is 446 g/mol. The van der Waals surface area contributed by atoms with E-state index in [2.05, 4.69) is 21.2 Å². The lowest BCUT2D eigenvalue weighted by molar-refractivity contribution is -0.136. The van der Waals surface area contributed by atoms with Gasteiger partial charge in [-0.3, -0.25) is 14.5 Å². The van der Waals surface area contributed by atoms with Gasteiger partial charge in [-0.05, 0) is 68.7 Å². The largest absolute Gasteiger partial charge is 0.338 e. The number of aromatic nitrogens is 1. The topological polar surface area (TPSA) is 57.6 Å². The van der Waals surface area contributed by atoms with Crippen molar-refractivity contribution in [3.63, 3.8) is 0 Å². The van der Waals surface area contributed by atoms with Crippen LogP contribution in [0.5, 0.6) is 0 Å². The quantitative estimate of drug-likeness (QED) is 0.725. The van der Waals surface area contributed by atoms with E-state index < -0.39 is 0 Å². The molecule has 0 radical (unpaired) electrons. The van der Waals surface area contributed by atoms with Crippen LogP contribution in [0, 0.1) is 11.8 Å². The number of amides is 2. The van der Waals surface area contributed by atoms with E-state index in [1.165, 1.54) is 44.7 Å². The molecule has 3 fully saturated rings. The minimum atomic E-state index is -0.0852. The Morgan fingerprint density at radius 2 is 2.03 bits per heavy atom. The van der Waals surface area contributed by atoms with E-state index in [0.717, 1.165) is 48.6 Å². The first kappa shape index (κ1) is 21.0. The molecule has 4 aliphatic rings. The van der Waals surface area contributed by atoms with Gasteiger partial charge in [0.15, 0.2) is 0 Å². The summed E-state index contributed by atoms with van der Waals surface area (Å²) in [6.07, 6.45) is 12.1. The molecule has 33 heavy (non-hydrogen) atoms. The van der Waals surface area contributed by atoms with E-state index in [1.54, 1.807) is 0 Å². The summed E-state index contributed by atoms with van der Waals surface area (Å²) in [5, 5.41) is 3.88. The van der Waals surface area contributed by atoms with Crippen molar-refractivity contribution in [2.45, 2.75) is 64.1 Å². The summed E-state index contributed by atoms with van der Waals surface area (Å²) in [6, 6.07) is 8.89. The molecule has 0 spiro atoms. The van der Waals surface area contributed by atoms with Crippen LogP contribution in [0.25, 0.3) is 10.9 Å². The van der Waals surface area contributed by atoms with Crippen molar-refractivity contribution in [2.24, 2.45) is 11.8 Å². The van der Waals surface area contributed by atoms with E-state index >= 15 is 0 Å². The van der Waals surface area contributed by atoms with Gasteiger partial charge in [0.1, 0.15) is 6.54 Å². The first-order valence-corrected chi connectivity index (χ1v) is 12.7. The van der Waals surface area contributed by atoms with E-state index in [4.69, 9.17) is 0 Å². The number of fused-ring (bicyclic) bond motifs is 7. The highest BCUT2D eigenvalue weighted by atomic mass is 16.2. The number of nitrogens with zero attached hydrogens (tertiary/aromatic N) is 3. The number of anilines is 1. The van der Waals surface area contributed by atoms with Gasteiger partial charge in [-0.15, -0.1) is 0 Å². The molecule has 174 valence electrons. The van der Waals surface area contributed by atoms with Crippen molar-refractivity contribution in [3.05, 3.63) is 42.1 Å². The highest BCUT2D eigenvalue weighted by Gasteiger charge is 2.46. The molecule has 1 N–H and O–H groups in total. The van der Waals surface area contributed by atoms with E-state index in [-0.39, 0.29) is 17.9 Å². The number of hydrogen-bond acceptors (Lipinski definition) is 3. The van der Waals surface area contributed by atoms with Gasteiger partial charge in [0.25, 0.3) is 0 Å². The van der Waals surface area contributed by atoms with Gasteiger partial charge in [0.2, 0.25) is 11.8 Å². The summed E-state index contributed by atoms with van der Waals surface area (Å²) in [5.74, 6) is 1.39. The first-order chi connectivity index (χ1) is 16.1. The third-order valence-electron chi connectivity index (χ3n) is 8.41. The van der Waals surface area contributed by atoms with Crippen LogP contribution in [0.1, 0.15) is 45.4 Å². The Morgan fingerprint density at radius 1 is 1.12 bits per heavy atom. The van der Waals surface area contributed by atoms with Gasteiger partial charge in [0, 0.05) is 37.6 Å². The van der Waals surface area contributed by atoms with Crippen LogP contribution < -0.4 is 5.32 Å². The SMILES string of the molecule is CC(=O)Nc1cccc2c1ccn2CC(=O)N1CCCC2=C[C@H]3C[C@@H](CN4CCCC[C@H]34)[C@@H]21. The fourth-order valence-electron chi connectivity index (χ4n) is 7.15. The number of likely N-dealkylation sites (tertiary alicyclic amines) is 1. The van der Waals surface area contributed by atoms with Crippen molar-refractivity contribution in [1.29, 1.82) is 0 Å². The average molecular weight is 447 g/mol. The molecule has 1 aromatic heterocycles. The minimum absolute atomic E-state index is 0.0852. The summed E-state index contributed by atoms with van der Waals surface area (Å²) in [7, 11) is 0. The van der Waals surface area contributed by atoms with Gasteiger partial charge in [0.05, 0.1) is 17.2 Å². The molecule has 2 bridgehead atoms. The van der Waals surface area contributed by atoms with Gasteiger partial charge in [-0.2, -0.15) is 0 Å². The van der Waals surface area contributed by atoms with E-state index in [0.29, 0.717) is 18.4 Å². The van der Waals surface area contributed by atoms with E-state index in [1.807, 2.05) is 35.0 Å². The number of carbonyl (C=O) groups is 2. The zero-order valence-electron chi connectivity index (χ0n) is 19.5. The normalized spacial score (nSPS) is 29.2. The highest BCUT2D eigenvalue weighted by molar-refractivity contribution is 6.01. The third kappa shape index (κ3) is 3.68. The Morgan fingerprint density at radius 3 is 2.91 bits per heavy atom. The van der Waals surface area contributed by atoms with Crippen LogP contribution in [0.2, 0.25) is 0 Å². The lowest BCUT2D eigenvalue weighted by Crippen LogP contribution is -2.60. The molecule has 1 aliphatic carbocycles. The smallest absolute Gasteiger partial charge is 0.243 e. The van der Waals surface area contributed by atoms with Crippen LogP contribution in [0.4, 0.5) is 5.69 Å². The maximum absolute atomic E-state index is 13.7. The molecule has 6 nitrogen and oxygen atoms in total. The Balaban J connectivity index is 1.25. The average Bonchev–Trinajstić information content (AvgIpc) is 3.22. The Kier molecular flexibility index (Phi) is 5.28. The van der Waals surface area contributed by atoms with Crippen molar-refractivity contribution in [2.75, 3.05) is 25.0 Å². The molecular weight excluding hydrogens is 412 g/mol. The summed E-state index contributed by atoms with van der Waals surface area (Å²) < 4.78 is 2.04. The molecule has 2 aromatic rings. The molecule has 6 heteroatoms. The second-order valence-electron chi connectivity index (χ2n) is 10.5. The molecule has 6 rings (SSSR count). The molecule has 0 saturated carbocycles. The minimum Gasteiger partial charge on any atom is -0.338 e. The number of benzene rings is 1. The maximum atomic E-state index is 13.7. The van der Waals surface area contributed by atoms with E-state index in [9.17, 15) is 9.59 Å². The van der Waals surface area contributed by atoms with Gasteiger partial charge in [-0.25, -0.2) is 0 Å². The van der Waals surface area contributed by atoms with Crippen LogP contribution >= 0.6 is 0 Å². The zero-order chi connectivity index (χ0) is 22.5. The zero-order valence-corrected chi connectivity index (χ0v) is 19.5. The van der Waals surface area contributed by atoms with Crippen molar-refractivity contribution < 1.29 is 9.59 Å². The number of hydrogen-bond donors (Lipinski definition) is 1. The lowest BCUT2D eigenvalue weighted by atomic mass is 9.68. The summed E-state index contributed by atoms with van der Waals surface area (Å²) in [5.41, 5.74) is 3.32. The predicted molar refractivity (Wildman–Crippen MR) is 130 cm³/mol. The number of nitrogens with one attached hydrogen (secondary N) is 1. The summed E-state index contributed by atoms with van der Waals surface area (Å²) in [6.45, 7) is 5.11. The fourth-order valence-corrected chi connectivity index (χ4v) is 7.15. The van der Waals surface area contributed by atoms with Crippen molar-refractivity contribution in [1.82, 2.24) is 14.4 Å². The Hall–Kier alpha value is -2.60. The molecular formula is C27H34N4O2. The Labute approximate surface area is 195 Å². The number of rotatable bonds is 3. The molecule has 4 heterocycles. The second-order valence-corrected chi connectivity index (χ2v) is 10.5. The highest BCUT2D eigenvalue weighted by Crippen LogP contribution is 2.45. The standard InChI is InChI=1S/C27H34N4O2/c1-18(32)28-23-7-4-9-25-22(23)10-13-30(25)17-26(33)31-12-5-6-19-14-20-15-21(27(19)31)16-29-11-3-2-8-24(20)29/h4,7,9-10,13-14,20-21,24,27H,2-3,5-6,8,11-12,15-17H2,1H3,(H,28,32)/t20-,21-,24+,27+/m0/s1. The predicted octanol–water partition coefficient (Wildman–Crippen LogP) is 4.02. The van der Waals surface area contributed by atoms with Crippen molar-refractivity contribution >= 4 is 28.4 Å². The third-order valence-corrected chi connectivity index (χ3v) is 8.41. The number of carbonyl (C=O) groups excluding carboxylic acids is 2. The Bertz CT molecular complexity index is 1120. The molecule has 0 unspecified atom stereocenters. The van der Waals surface area contributed by atoms with Crippen LogP contribution in [-0.2, 0) is 16.1 Å². The fraction of sp³-hybridized carbons (Fsp3) is 0.556. The van der Waals surface area contributed by atoms with Crippen LogP contribution in [-0.4, -0.2) is 57.9 Å². The summed E-state index contributed by atoms with van der Waals surface area (Å²) in [4.78, 5) is 30.2. The summed E-state index contributed by atoms with van der Waals surface area (Å²) >= 11 is 0. The maximum Gasteiger partial charge on any atom is 0.243 e. The van der Waals surface area contributed by atoms with Gasteiger partial charge < -0.3 is 14.8 Å². The second kappa shape index (κ2) is 8.32. The first-order valence-electron chi connectivity index (χ1n) is 12.7. The van der Waals surface area contributed by atoms with Crippen LogP contribution in [0.15, 0.2) is 42.1 Å². The van der Waals surface area contributed by atoms with Crippen LogP contribution in [0.3, 0.4) is 0 Å².